The summed E-state index contributed by atoms with van der Waals surface area (Å²) in [5, 5.41) is 0. The van der Waals surface area contributed by atoms with Crippen LogP contribution < -0.4 is 5.73 Å². The molecule has 0 radical (unpaired) electrons. The van der Waals surface area contributed by atoms with Crippen LogP contribution in [-0.2, 0) is 0 Å². The first-order valence-corrected chi connectivity index (χ1v) is 4.83. The molecule has 1 nitrogen and oxygen atoms in total. The molecule has 0 saturated carbocycles. The molecule has 0 aliphatic carbocycles. The van der Waals surface area contributed by atoms with Gasteiger partial charge in [0.25, 0.3) is 0 Å². The summed E-state index contributed by atoms with van der Waals surface area (Å²) in [4.78, 5) is 0. The highest BCUT2D eigenvalue weighted by Crippen LogP contribution is 2.29. The molecule has 1 aliphatic rings. The Labute approximate surface area is 67.1 Å². The van der Waals surface area contributed by atoms with Crippen LogP contribution in [0.2, 0.25) is 0 Å². The monoisotopic (exact) mass is 157 g/mol. The third kappa shape index (κ3) is 1.55. The molecule has 1 heterocycles. The van der Waals surface area contributed by atoms with E-state index in [1.165, 1.54) is 11.5 Å². The van der Waals surface area contributed by atoms with Crippen LogP contribution in [0.4, 0.5) is 0 Å². The number of nitrogens with two attached hydrogens (primary N) is 1. The van der Waals surface area contributed by atoms with Crippen molar-refractivity contribution in [3.8, 4) is 0 Å². The highest BCUT2D eigenvalue weighted by atomic mass is 32.2. The van der Waals surface area contributed by atoms with Gasteiger partial charge in [0, 0.05) is 5.54 Å². The summed E-state index contributed by atoms with van der Waals surface area (Å²) in [7, 11) is 0. The van der Waals surface area contributed by atoms with Crippen molar-refractivity contribution >= 4 is 11.8 Å². The van der Waals surface area contributed by atoms with Crippen LogP contribution in [0.1, 0.15) is 19.8 Å². The van der Waals surface area contributed by atoms with Crippen LogP contribution in [0, 0.1) is 0 Å². The maximum atomic E-state index is 6.09. The van der Waals surface area contributed by atoms with Crippen molar-refractivity contribution in [3.63, 3.8) is 0 Å². The molecule has 0 aromatic heterocycles. The number of rotatable bonds is 1. The van der Waals surface area contributed by atoms with Crippen molar-refractivity contribution in [2.24, 2.45) is 5.73 Å². The van der Waals surface area contributed by atoms with Gasteiger partial charge in [0.2, 0.25) is 0 Å². The molecular weight excluding hydrogens is 142 g/mol. The Kier molecular flexibility index (Phi) is 2.42. The highest BCUT2D eigenvalue weighted by molar-refractivity contribution is 7.99. The minimum absolute atomic E-state index is 0.0365. The second kappa shape index (κ2) is 2.97. The summed E-state index contributed by atoms with van der Waals surface area (Å²) in [6.45, 7) is 5.95. The van der Waals surface area contributed by atoms with Crippen LogP contribution in [0.5, 0.6) is 0 Å². The maximum absolute atomic E-state index is 6.09. The van der Waals surface area contributed by atoms with Crippen molar-refractivity contribution in [2.45, 2.75) is 25.3 Å². The van der Waals surface area contributed by atoms with Gasteiger partial charge in [-0.2, -0.15) is 11.8 Å². The van der Waals surface area contributed by atoms with Gasteiger partial charge in [0.1, 0.15) is 0 Å². The van der Waals surface area contributed by atoms with Crippen LogP contribution in [0.15, 0.2) is 12.2 Å². The highest BCUT2D eigenvalue weighted by Gasteiger charge is 2.27. The zero-order valence-electron chi connectivity index (χ0n) is 6.52. The second-order valence-corrected chi connectivity index (χ2v) is 4.27. The minimum atomic E-state index is -0.0365. The molecule has 1 fully saturated rings. The fourth-order valence-electron chi connectivity index (χ4n) is 1.16. The molecule has 0 atom stereocenters. The van der Waals surface area contributed by atoms with Crippen molar-refractivity contribution in [1.29, 1.82) is 0 Å². The van der Waals surface area contributed by atoms with Gasteiger partial charge < -0.3 is 5.73 Å². The molecule has 0 spiro atoms. The van der Waals surface area contributed by atoms with E-state index in [9.17, 15) is 0 Å². The predicted octanol–water partition coefficient (Wildman–Crippen LogP) is 1.79. The summed E-state index contributed by atoms with van der Waals surface area (Å²) >= 11 is 1.99. The first-order valence-electron chi connectivity index (χ1n) is 3.68. The number of hydrogen-bond acceptors (Lipinski definition) is 2. The fraction of sp³-hybridized carbons (Fsp3) is 0.750. The SMILES string of the molecule is C=C(C)C1(N)CCSCC1. The average Bonchev–Trinajstić information content (AvgIpc) is 1.89. The maximum Gasteiger partial charge on any atom is 0.0379 e. The molecule has 0 aromatic rings. The van der Waals surface area contributed by atoms with Crippen LogP contribution in [0.3, 0.4) is 0 Å². The molecule has 1 rings (SSSR count). The summed E-state index contributed by atoms with van der Waals surface area (Å²) in [6.07, 6.45) is 2.21. The quantitative estimate of drug-likeness (QED) is 0.587. The van der Waals surface area contributed by atoms with E-state index in [1.807, 2.05) is 18.7 Å². The molecule has 1 aliphatic heterocycles. The Morgan fingerprint density at radius 1 is 1.50 bits per heavy atom. The molecule has 0 amide bonds. The smallest absolute Gasteiger partial charge is 0.0379 e. The zero-order chi connectivity index (χ0) is 7.61. The zero-order valence-corrected chi connectivity index (χ0v) is 7.34. The van der Waals surface area contributed by atoms with E-state index in [2.05, 4.69) is 6.58 Å². The van der Waals surface area contributed by atoms with Crippen molar-refractivity contribution in [2.75, 3.05) is 11.5 Å². The molecule has 2 N–H and O–H groups in total. The molecule has 10 heavy (non-hydrogen) atoms. The third-order valence-corrected chi connectivity index (χ3v) is 3.22. The standard InChI is InChI=1S/C8H15NS/c1-7(2)8(9)3-5-10-6-4-8/h1,3-6,9H2,2H3. The van der Waals surface area contributed by atoms with Gasteiger partial charge in [-0.15, -0.1) is 0 Å². The van der Waals surface area contributed by atoms with Gasteiger partial charge in [-0.05, 0) is 31.3 Å². The third-order valence-electron chi connectivity index (χ3n) is 2.23. The Balaban J connectivity index is 2.56. The summed E-state index contributed by atoms with van der Waals surface area (Å²) < 4.78 is 0. The lowest BCUT2D eigenvalue weighted by Crippen LogP contribution is -2.43. The lowest BCUT2D eigenvalue weighted by Gasteiger charge is -2.33. The first kappa shape index (κ1) is 8.15. The molecule has 0 bridgehead atoms. The van der Waals surface area contributed by atoms with Gasteiger partial charge in [-0.1, -0.05) is 12.2 Å². The Hall–Kier alpha value is 0.0500. The van der Waals surface area contributed by atoms with Gasteiger partial charge in [-0.25, -0.2) is 0 Å². The number of hydrogen-bond donors (Lipinski definition) is 1. The van der Waals surface area contributed by atoms with Crippen molar-refractivity contribution < 1.29 is 0 Å². The topological polar surface area (TPSA) is 26.0 Å². The van der Waals surface area contributed by atoms with E-state index < -0.39 is 0 Å². The van der Waals surface area contributed by atoms with Gasteiger partial charge in [0.05, 0.1) is 0 Å². The van der Waals surface area contributed by atoms with Crippen LogP contribution >= 0.6 is 11.8 Å². The molecule has 2 heteroatoms. The molecule has 0 aromatic carbocycles. The van der Waals surface area contributed by atoms with Crippen LogP contribution in [0.25, 0.3) is 0 Å². The lowest BCUT2D eigenvalue weighted by molar-refractivity contribution is 0.464. The summed E-state index contributed by atoms with van der Waals surface area (Å²) in [5.74, 6) is 2.40. The van der Waals surface area contributed by atoms with E-state index in [1.54, 1.807) is 0 Å². The summed E-state index contributed by atoms with van der Waals surface area (Å²) in [6, 6.07) is 0. The molecule has 58 valence electrons. The first-order chi connectivity index (χ1) is 4.65. The van der Waals surface area contributed by atoms with E-state index in [0.29, 0.717) is 0 Å². The predicted molar refractivity (Wildman–Crippen MR) is 48.3 cm³/mol. The van der Waals surface area contributed by atoms with Gasteiger partial charge >= 0.3 is 0 Å². The van der Waals surface area contributed by atoms with Gasteiger partial charge in [-0.3, -0.25) is 0 Å². The Morgan fingerprint density at radius 3 is 2.30 bits per heavy atom. The minimum Gasteiger partial charge on any atom is -0.322 e. The molecular formula is C8H15NS. The van der Waals surface area contributed by atoms with E-state index in [-0.39, 0.29) is 5.54 Å². The van der Waals surface area contributed by atoms with E-state index >= 15 is 0 Å². The molecule has 1 saturated heterocycles. The normalized spacial score (nSPS) is 24.2. The Morgan fingerprint density at radius 2 is 2.00 bits per heavy atom. The van der Waals surface area contributed by atoms with Crippen molar-refractivity contribution in [3.05, 3.63) is 12.2 Å². The number of thioether (sulfide) groups is 1. The van der Waals surface area contributed by atoms with E-state index in [0.717, 1.165) is 18.4 Å². The average molecular weight is 157 g/mol. The molecule has 0 unspecified atom stereocenters. The Bertz CT molecular complexity index is 136. The lowest BCUT2D eigenvalue weighted by atomic mass is 9.87. The largest absolute Gasteiger partial charge is 0.322 e. The van der Waals surface area contributed by atoms with E-state index in [4.69, 9.17) is 5.73 Å². The van der Waals surface area contributed by atoms with Gasteiger partial charge in [0.15, 0.2) is 0 Å². The fourth-order valence-corrected chi connectivity index (χ4v) is 2.38. The van der Waals surface area contributed by atoms with Crippen molar-refractivity contribution in [1.82, 2.24) is 0 Å². The van der Waals surface area contributed by atoms with Crippen LogP contribution in [-0.4, -0.2) is 17.0 Å². The second-order valence-electron chi connectivity index (χ2n) is 3.05. The summed E-state index contributed by atoms with van der Waals surface area (Å²) in [5.41, 5.74) is 7.20.